The standard InChI is InChI=1S/C15H21N3O/c19-18-11-8-16-15(18)14-6-9-17(10-7-14)12-13-4-2-1-3-5-13/h1-5,8,14-15,19H,6-7,9-12H2. The fraction of sp³-hybridized carbons (Fsp3) is 0.533. The summed E-state index contributed by atoms with van der Waals surface area (Å²) in [5.74, 6) is 0.496. The van der Waals surface area contributed by atoms with Crippen LogP contribution in [0.15, 0.2) is 35.3 Å². The van der Waals surface area contributed by atoms with Crippen molar-refractivity contribution < 1.29 is 5.21 Å². The van der Waals surface area contributed by atoms with Crippen LogP contribution in [0.3, 0.4) is 0 Å². The van der Waals surface area contributed by atoms with Gasteiger partial charge in [-0.25, -0.2) is 0 Å². The second kappa shape index (κ2) is 5.82. The van der Waals surface area contributed by atoms with Crippen LogP contribution in [0, 0.1) is 5.92 Å². The molecule has 0 bridgehead atoms. The van der Waals surface area contributed by atoms with Crippen LogP contribution in [-0.4, -0.2) is 47.2 Å². The zero-order valence-electron chi connectivity index (χ0n) is 11.2. The number of hydrogen-bond donors (Lipinski definition) is 1. The van der Waals surface area contributed by atoms with Gasteiger partial charge in [0.2, 0.25) is 0 Å². The summed E-state index contributed by atoms with van der Waals surface area (Å²) >= 11 is 0. The topological polar surface area (TPSA) is 39.1 Å². The molecule has 2 heterocycles. The summed E-state index contributed by atoms with van der Waals surface area (Å²) in [6.45, 7) is 3.80. The van der Waals surface area contributed by atoms with Crippen LogP contribution in [0.25, 0.3) is 0 Å². The molecule has 4 heteroatoms. The SMILES string of the molecule is ON1CC=NC1C1CCN(Cc2ccccc2)CC1. The van der Waals surface area contributed by atoms with Crippen molar-refractivity contribution >= 4 is 6.21 Å². The van der Waals surface area contributed by atoms with E-state index in [1.807, 2.05) is 6.21 Å². The Morgan fingerprint density at radius 2 is 1.89 bits per heavy atom. The third kappa shape index (κ3) is 3.03. The Bertz CT molecular complexity index is 426. The minimum atomic E-state index is -0.00104. The number of piperidine rings is 1. The van der Waals surface area contributed by atoms with Crippen molar-refractivity contribution in [3.05, 3.63) is 35.9 Å². The molecule has 1 aromatic carbocycles. The Hall–Kier alpha value is -1.23. The lowest BCUT2D eigenvalue weighted by atomic mass is 9.93. The maximum Gasteiger partial charge on any atom is 0.128 e. The van der Waals surface area contributed by atoms with Crippen molar-refractivity contribution in [3.8, 4) is 0 Å². The molecule has 0 aromatic heterocycles. The lowest BCUT2D eigenvalue weighted by molar-refractivity contribution is -0.122. The minimum absolute atomic E-state index is 0.00104. The normalized spacial score (nSPS) is 26.1. The van der Waals surface area contributed by atoms with E-state index in [-0.39, 0.29) is 6.17 Å². The molecule has 0 amide bonds. The Kier molecular flexibility index (Phi) is 3.92. The third-order valence-electron chi connectivity index (χ3n) is 4.14. The zero-order valence-corrected chi connectivity index (χ0v) is 11.2. The molecule has 1 saturated heterocycles. The van der Waals surface area contributed by atoms with E-state index in [0.717, 1.165) is 32.5 Å². The summed E-state index contributed by atoms with van der Waals surface area (Å²) in [7, 11) is 0. The molecule has 0 aliphatic carbocycles. The van der Waals surface area contributed by atoms with Gasteiger partial charge in [-0.3, -0.25) is 9.89 Å². The van der Waals surface area contributed by atoms with Gasteiger partial charge in [-0.1, -0.05) is 30.3 Å². The van der Waals surface area contributed by atoms with E-state index >= 15 is 0 Å². The molecule has 0 radical (unpaired) electrons. The van der Waals surface area contributed by atoms with Crippen LogP contribution in [-0.2, 0) is 6.54 Å². The average Bonchev–Trinajstić information content (AvgIpc) is 2.87. The van der Waals surface area contributed by atoms with Crippen molar-refractivity contribution in [3.63, 3.8) is 0 Å². The maximum absolute atomic E-state index is 9.74. The van der Waals surface area contributed by atoms with Crippen LogP contribution < -0.4 is 0 Å². The molecule has 1 unspecified atom stereocenters. The molecule has 1 fully saturated rings. The fourth-order valence-electron chi connectivity index (χ4n) is 3.04. The minimum Gasteiger partial charge on any atom is -0.312 e. The first-order valence-corrected chi connectivity index (χ1v) is 7.06. The molecule has 19 heavy (non-hydrogen) atoms. The summed E-state index contributed by atoms with van der Waals surface area (Å²) in [5, 5.41) is 11.1. The van der Waals surface area contributed by atoms with Crippen molar-refractivity contribution in [2.75, 3.05) is 19.6 Å². The maximum atomic E-state index is 9.74. The van der Waals surface area contributed by atoms with Crippen molar-refractivity contribution in [1.29, 1.82) is 0 Å². The first kappa shape index (κ1) is 12.8. The number of aliphatic imine (C=N–C) groups is 1. The molecular formula is C15H21N3O. The van der Waals surface area contributed by atoms with E-state index in [2.05, 4.69) is 40.2 Å². The van der Waals surface area contributed by atoms with Crippen LogP contribution in [0.2, 0.25) is 0 Å². The molecule has 4 nitrogen and oxygen atoms in total. The van der Waals surface area contributed by atoms with Crippen LogP contribution >= 0.6 is 0 Å². The smallest absolute Gasteiger partial charge is 0.128 e. The molecule has 1 N–H and O–H groups in total. The summed E-state index contributed by atoms with van der Waals surface area (Å²) in [5.41, 5.74) is 1.38. The van der Waals surface area contributed by atoms with E-state index < -0.39 is 0 Å². The van der Waals surface area contributed by atoms with Crippen LogP contribution in [0.1, 0.15) is 18.4 Å². The molecule has 0 saturated carbocycles. The van der Waals surface area contributed by atoms with Gasteiger partial charge in [0.15, 0.2) is 0 Å². The van der Waals surface area contributed by atoms with Gasteiger partial charge in [0.25, 0.3) is 0 Å². The molecule has 102 valence electrons. The van der Waals surface area contributed by atoms with Crippen LogP contribution in [0.4, 0.5) is 0 Å². The molecule has 2 aliphatic rings. The monoisotopic (exact) mass is 259 g/mol. The number of likely N-dealkylation sites (tertiary alicyclic amines) is 1. The predicted molar refractivity (Wildman–Crippen MR) is 75.2 cm³/mol. The van der Waals surface area contributed by atoms with Crippen molar-refractivity contribution in [1.82, 2.24) is 9.96 Å². The molecule has 3 rings (SSSR count). The molecule has 1 aromatic rings. The number of hydrogen-bond acceptors (Lipinski definition) is 4. The van der Waals surface area contributed by atoms with E-state index in [9.17, 15) is 5.21 Å². The first-order valence-electron chi connectivity index (χ1n) is 7.06. The Balaban J connectivity index is 1.51. The first-order chi connectivity index (χ1) is 9.33. The summed E-state index contributed by atoms with van der Waals surface area (Å²) in [4.78, 5) is 6.87. The summed E-state index contributed by atoms with van der Waals surface area (Å²) in [6, 6.07) is 10.6. The number of nitrogens with zero attached hydrogens (tertiary/aromatic N) is 3. The number of rotatable bonds is 3. The van der Waals surface area contributed by atoms with E-state index in [0.29, 0.717) is 12.5 Å². The van der Waals surface area contributed by atoms with E-state index in [1.54, 1.807) is 0 Å². The summed E-state index contributed by atoms with van der Waals surface area (Å²) < 4.78 is 0. The molecule has 2 aliphatic heterocycles. The highest BCUT2D eigenvalue weighted by Gasteiger charge is 2.31. The second-order valence-corrected chi connectivity index (χ2v) is 5.47. The van der Waals surface area contributed by atoms with E-state index in [1.165, 1.54) is 10.6 Å². The third-order valence-corrected chi connectivity index (χ3v) is 4.14. The average molecular weight is 259 g/mol. The molecular weight excluding hydrogens is 238 g/mol. The van der Waals surface area contributed by atoms with Crippen molar-refractivity contribution in [2.45, 2.75) is 25.6 Å². The van der Waals surface area contributed by atoms with Gasteiger partial charge in [-0.05, 0) is 37.4 Å². The van der Waals surface area contributed by atoms with Gasteiger partial charge in [-0.2, -0.15) is 5.06 Å². The quantitative estimate of drug-likeness (QED) is 0.902. The fourth-order valence-corrected chi connectivity index (χ4v) is 3.04. The van der Waals surface area contributed by atoms with Crippen molar-refractivity contribution in [2.24, 2.45) is 10.9 Å². The van der Waals surface area contributed by atoms with E-state index in [4.69, 9.17) is 0 Å². The zero-order chi connectivity index (χ0) is 13.1. The largest absolute Gasteiger partial charge is 0.312 e. The lowest BCUT2D eigenvalue weighted by Gasteiger charge is -2.35. The van der Waals surface area contributed by atoms with Gasteiger partial charge in [-0.15, -0.1) is 0 Å². The van der Waals surface area contributed by atoms with Gasteiger partial charge >= 0.3 is 0 Å². The van der Waals surface area contributed by atoms with Gasteiger partial charge < -0.3 is 5.21 Å². The lowest BCUT2D eigenvalue weighted by Crippen LogP contribution is -2.41. The molecule has 1 atom stereocenters. The second-order valence-electron chi connectivity index (χ2n) is 5.47. The number of hydroxylamine groups is 2. The Labute approximate surface area is 114 Å². The summed E-state index contributed by atoms with van der Waals surface area (Å²) in [6.07, 6.45) is 4.05. The highest BCUT2D eigenvalue weighted by Crippen LogP contribution is 2.26. The highest BCUT2D eigenvalue weighted by atomic mass is 16.5. The highest BCUT2D eigenvalue weighted by molar-refractivity contribution is 5.61. The van der Waals surface area contributed by atoms with Gasteiger partial charge in [0.1, 0.15) is 6.17 Å². The van der Waals surface area contributed by atoms with Gasteiger partial charge in [0.05, 0.1) is 6.54 Å². The van der Waals surface area contributed by atoms with Gasteiger partial charge in [0, 0.05) is 12.8 Å². The molecule has 0 spiro atoms. The van der Waals surface area contributed by atoms with Crippen LogP contribution in [0.5, 0.6) is 0 Å². The Morgan fingerprint density at radius 3 is 2.53 bits per heavy atom. The Morgan fingerprint density at radius 1 is 1.16 bits per heavy atom. The predicted octanol–water partition coefficient (Wildman–Crippen LogP) is 2.00. The number of benzene rings is 1.